The lowest BCUT2D eigenvalue weighted by atomic mass is 10.4. The summed E-state index contributed by atoms with van der Waals surface area (Å²) in [5.74, 6) is 0. The van der Waals surface area contributed by atoms with Crippen LogP contribution < -0.4 is 16.5 Å². The molecule has 0 radical (unpaired) electrons. The zero-order chi connectivity index (χ0) is 8.10. The highest BCUT2D eigenvalue weighted by molar-refractivity contribution is 5.70. The summed E-state index contributed by atoms with van der Waals surface area (Å²) in [6.07, 6.45) is 1.04. The lowest BCUT2D eigenvalue weighted by Crippen LogP contribution is -2.46. The number of carbonyl (C=O) groups is 1. The first-order chi connectivity index (χ1) is 5.29. The molecule has 0 aromatic rings. The number of nitrogens with two attached hydrogens (primary N) is 1. The number of hydrazine groups is 1. The van der Waals surface area contributed by atoms with Crippen molar-refractivity contribution in [3.05, 3.63) is 0 Å². The van der Waals surface area contributed by atoms with Gasteiger partial charge in [0, 0.05) is 19.6 Å². The summed E-state index contributed by atoms with van der Waals surface area (Å²) in [7, 11) is 0. The van der Waals surface area contributed by atoms with Crippen molar-refractivity contribution in [1.82, 2.24) is 15.8 Å². The molecular formula is C6H14N4O. The second kappa shape index (κ2) is 4.15. The van der Waals surface area contributed by atoms with Crippen LogP contribution in [0.5, 0.6) is 0 Å². The Kier molecular flexibility index (Phi) is 3.13. The van der Waals surface area contributed by atoms with Gasteiger partial charge in [0.25, 0.3) is 0 Å². The van der Waals surface area contributed by atoms with Crippen LogP contribution in [0.15, 0.2) is 0 Å². The van der Waals surface area contributed by atoms with Gasteiger partial charge in [-0.25, -0.2) is 9.80 Å². The van der Waals surface area contributed by atoms with Gasteiger partial charge in [-0.2, -0.15) is 0 Å². The van der Waals surface area contributed by atoms with E-state index in [-0.39, 0.29) is 0 Å². The highest BCUT2D eigenvalue weighted by atomic mass is 16.2. The van der Waals surface area contributed by atoms with Crippen molar-refractivity contribution in [2.75, 3.05) is 26.2 Å². The first-order valence-corrected chi connectivity index (χ1v) is 3.81. The van der Waals surface area contributed by atoms with Crippen molar-refractivity contribution in [3.8, 4) is 0 Å². The molecule has 1 heterocycles. The summed E-state index contributed by atoms with van der Waals surface area (Å²) in [5.41, 5.74) is 7.52. The second-order valence-electron chi connectivity index (χ2n) is 2.57. The SMILES string of the molecule is NC(=O)NN1CCCNCC1. The highest BCUT2D eigenvalue weighted by Crippen LogP contribution is 1.89. The Morgan fingerprint density at radius 1 is 1.45 bits per heavy atom. The average molecular weight is 158 g/mol. The molecule has 64 valence electrons. The van der Waals surface area contributed by atoms with E-state index in [9.17, 15) is 4.79 Å². The monoisotopic (exact) mass is 158 g/mol. The first-order valence-electron chi connectivity index (χ1n) is 3.81. The van der Waals surface area contributed by atoms with Crippen LogP contribution in [-0.2, 0) is 0 Å². The number of carbonyl (C=O) groups excluding carboxylic acids is 1. The van der Waals surface area contributed by atoms with Crippen molar-refractivity contribution in [3.63, 3.8) is 0 Å². The molecule has 1 saturated heterocycles. The quantitative estimate of drug-likeness (QED) is 0.452. The summed E-state index contributed by atoms with van der Waals surface area (Å²) >= 11 is 0. The third kappa shape index (κ3) is 3.20. The standard InChI is InChI=1S/C6H14N4O/c7-6(11)9-10-4-1-2-8-3-5-10/h8H,1-5H2,(H3,7,9,11). The minimum atomic E-state index is -0.480. The van der Waals surface area contributed by atoms with Gasteiger partial charge in [0.15, 0.2) is 0 Å². The molecule has 2 amide bonds. The van der Waals surface area contributed by atoms with E-state index in [0.717, 1.165) is 32.6 Å². The fourth-order valence-corrected chi connectivity index (χ4v) is 1.11. The van der Waals surface area contributed by atoms with Crippen molar-refractivity contribution in [2.24, 2.45) is 5.73 Å². The largest absolute Gasteiger partial charge is 0.351 e. The molecule has 1 fully saturated rings. The minimum absolute atomic E-state index is 0.480. The summed E-state index contributed by atoms with van der Waals surface area (Å²) < 4.78 is 0. The Morgan fingerprint density at radius 3 is 3.00 bits per heavy atom. The summed E-state index contributed by atoms with van der Waals surface area (Å²) in [5, 5.41) is 5.05. The number of nitrogens with one attached hydrogen (secondary N) is 2. The Morgan fingerprint density at radius 2 is 2.27 bits per heavy atom. The maximum Gasteiger partial charge on any atom is 0.326 e. The number of amides is 2. The van der Waals surface area contributed by atoms with Gasteiger partial charge in [0.2, 0.25) is 0 Å². The smallest absolute Gasteiger partial charge is 0.326 e. The van der Waals surface area contributed by atoms with Crippen LogP contribution in [0.4, 0.5) is 4.79 Å². The predicted octanol–water partition coefficient (Wildman–Crippen LogP) is -1.13. The van der Waals surface area contributed by atoms with Gasteiger partial charge in [-0.05, 0) is 13.0 Å². The molecule has 0 bridgehead atoms. The van der Waals surface area contributed by atoms with Gasteiger partial charge >= 0.3 is 6.03 Å². The van der Waals surface area contributed by atoms with Gasteiger partial charge in [-0.3, -0.25) is 5.43 Å². The molecule has 0 saturated carbocycles. The van der Waals surface area contributed by atoms with Crippen LogP contribution in [0, 0.1) is 0 Å². The highest BCUT2D eigenvalue weighted by Gasteiger charge is 2.08. The average Bonchev–Trinajstić information content (AvgIpc) is 2.14. The van der Waals surface area contributed by atoms with Crippen molar-refractivity contribution in [1.29, 1.82) is 0 Å². The Labute approximate surface area is 65.9 Å². The molecule has 1 rings (SSSR count). The summed E-state index contributed by atoms with van der Waals surface area (Å²) in [4.78, 5) is 10.4. The molecule has 5 heteroatoms. The van der Waals surface area contributed by atoms with Gasteiger partial charge in [0.05, 0.1) is 0 Å². The zero-order valence-corrected chi connectivity index (χ0v) is 6.47. The first kappa shape index (κ1) is 8.29. The van der Waals surface area contributed by atoms with E-state index in [1.165, 1.54) is 0 Å². The van der Waals surface area contributed by atoms with E-state index >= 15 is 0 Å². The second-order valence-corrected chi connectivity index (χ2v) is 2.57. The number of hydrogen-bond donors (Lipinski definition) is 3. The lowest BCUT2D eigenvalue weighted by molar-refractivity contribution is 0.190. The molecular weight excluding hydrogens is 144 g/mol. The van der Waals surface area contributed by atoms with Gasteiger partial charge in [-0.15, -0.1) is 0 Å². The minimum Gasteiger partial charge on any atom is -0.351 e. The number of primary amides is 1. The number of nitrogens with zero attached hydrogens (tertiary/aromatic N) is 1. The Balaban J connectivity index is 2.25. The van der Waals surface area contributed by atoms with Crippen LogP contribution in [0.3, 0.4) is 0 Å². The summed E-state index contributed by atoms with van der Waals surface area (Å²) in [6, 6.07) is -0.480. The molecule has 0 aromatic carbocycles. The van der Waals surface area contributed by atoms with Crippen LogP contribution in [0.25, 0.3) is 0 Å². The van der Waals surface area contributed by atoms with E-state index in [4.69, 9.17) is 5.73 Å². The van der Waals surface area contributed by atoms with E-state index in [1.54, 1.807) is 0 Å². The third-order valence-corrected chi connectivity index (χ3v) is 1.61. The number of hydrogen-bond acceptors (Lipinski definition) is 3. The molecule has 1 aliphatic rings. The number of rotatable bonds is 1. The molecule has 0 aliphatic carbocycles. The molecule has 0 unspecified atom stereocenters. The zero-order valence-electron chi connectivity index (χ0n) is 6.47. The third-order valence-electron chi connectivity index (χ3n) is 1.61. The molecule has 0 spiro atoms. The van der Waals surface area contributed by atoms with Crippen molar-refractivity contribution >= 4 is 6.03 Å². The van der Waals surface area contributed by atoms with Crippen LogP contribution >= 0.6 is 0 Å². The number of urea groups is 1. The molecule has 0 aromatic heterocycles. The normalized spacial score (nSPS) is 20.7. The summed E-state index contributed by atoms with van der Waals surface area (Å²) in [6.45, 7) is 3.61. The van der Waals surface area contributed by atoms with E-state index < -0.39 is 6.03 Å². The fourth-order valence-electron chi connectivity index (χ4n) is 1.11. The lowest BCUT2D eigenvalue weighted by Gasteiger charge is -2.18. The van der Waals surface area contributed by atoms with E-state index in [0.29, 0.717) is 0 Å². The Hall–Kier alpha value is -0.810. The van der Waals surface area contributed by atoms with Gasteiger partial charge in [-0.1, -0.05) is 0 Å². The van der Waals surface area contributed by atoms with E-state index in [2.05, 4.69) is 10.7 Å². The van der Waals surface area contributed by atoms with Crippen molar-refractivity contribution < 1.29 is 4.79 Å². The molecule has 1 aliphatic heterocycles. The molecule has 4 N–H and O–H groups in total. The van der Waals surface area contributed by atoms with Gasteiger partial charge in [0.1, 0.15) is 0 Å². The molecule has 11 heavy (non-hydrogen) atoms. The van der Waals surface area contributed by atoms with Crippen molar-refractivity contribution in [2.45, 2.75) is 6.42 Å². The van der Waals surface area contributed by atoms with Crippen LogP contribution in [-0.4, -0.2) is 37.2 Å². The Bertz CT molecular complexity index is 131. The van der Waals surface area contributed by atoms with Gasteiger partial charge < -0.3 is 11.1 Å². The molecule has 5 nitrogen and oxygen atoms in total. The van der Waals surface area contributed by atoms with Crippen LogP contribution in [0.2, 0.25) is 0 Å². The topological polar surface area (TPSA) is 70.4 Å². The predicted molar refractivity (Wildman–Crippen MR) is 41.8 cm³/mol. The fraction of sp³-hybridized carbons (Fsp3) is 0.833. The van der Waals surface area contributed by atoms with E-state index in [1.807, 2.05) is 5.01 Å². The maximum atomic E-state index is 10.4. The maximum absolute atomic E-state index is 10.4. The molecule has 0 atom stereocenters. The van der Waals surface area contributed by atoms with Crippen LogP contribution in [0.1, 0.15) is 6.42 Å².